The molecular weight excluding hydrogens is 278 g/mol. The number of likely N-dealkylation sites (tertiary alicyclic amines) is 1. The molecule has 0 saturated carbocycles. The molecule has 0 aromatic heterocycles. The third kappa shape index (κ3) is 3.33. The summed E-state index contributed by atoms with van der Waals surface area (Å²) in [5.74, 6) is 0.730. The van der Waals surface area contributed by atoms with Crippen LogP contribution in [0.2, 0.25) is 0 Å². The zero-order chi connectivity index (χ0) is 15.4. The first kappa shape index (κ1) is 15.1. The summed E-state index contributed by atoms with van der Waals surface area (Å²) in [4.78, 5) is 14.2. The van der Waals surface area contributed by atoms with Gasteiger partial charge in [-0.25, -0.2) is 0 Å². The third-order valence-electron chi connectivity index (χ3n) is 4.56. The number of nitrogens with zero attached hydrogens (tertiary/aromatic N) is 1. The van der Waals surface area contributed by atoms with Gasteiger partial charge < -0.3 is 14.7 Å². The minimum absolute atomic E-state index is 0.00681. The van der Waals surface area contributed by atoms with Crippen molar-refractivity contribution in [1.82, 2.24) is 4.90 Å². The van der Waals surface area contributed by atoms with Gasteiger partial charge in [0.25, 0.3) is 5.91 Å². The Morgan fingerprint density at radius 3 is 2.59 bits per heavy atom. The van der Waals surface area contributed by atoms with E-state index in [0.717, 1.165) is 31.2 Å². The van der Waals surface area contributed by atoms with Crippen LogP contribution in [0.4, 0.5) is 0 Å². The van der Waals surface area contributed by atoms with Crippen molar-refractivity contribution < 1.29 is 14.6 Å². The number of piperidine rings is 1. The third-order valence-corrected chi connectivity index (χ3v) is 4.56. The molecule has 1 aromatic carbocycles. The van der Waals surface area contributed by atoms with E-state index in [1.54, 1.807) is 0 Å². The Kier molecular flexibility index (Phi) is 4.78. The molecular formula is C18H23NO3. The smallest absolute Gasteiger partial charge is 0.288 e. The van der Waals surface area contributed by atoms with Crippen LogP contribution in [0.1, 0.15) is 37.4 Å². The first-order valence-electron chi connectivity index (χ1n) is 8.11. The fraction of sp³-hybridized carbons (Fsp3) is 0.500. The topological polar surface area (TPSA) is 49.8 Å². The quantitative estimate of drug-likeness (QED) is 0.934. The van der Waals surface area contributed by atoms with Crippen LogP contribution in [0.15, 0.2) is 42.2 Å². The van der Waals surface area contributed by atoms with Crippen LogP contribution >= 0.6 is 0 Å². The number of ether oxygens (including phenoxy) is 1. The molecule has 1 amide bonds. The fourth-order valence-electron chi connectivity index (χ4n) is 3.20. The Balaban J connectivity index is 1.56. The van der Waals surface area contributed by atoms with Gasteiger partial charge >= 0.3 is 0 Å². The standard InChI is InChI=1S/C18H23NO3/c20-17(14-6-2-1-3-7-14)15-9-11-19(12-10-15)18(21)16-8-4-5-13-22-16/h1-3,6-8,15,17,20H,4-5,9-13H2. The van der Waals surface area contributed by atoms with Crippen molar-refractivity contribution in [3.63, 3.8) is 0 Å². The summed E-state index contributed by atoms with van der Waals surface area (Å²) in [6.07, 6.45) is 5.02. The maximum absolute atomic E-state index is 12.4. The molecule has 0 radical (unpaired) electrons. The van der Waals surface area contributed by atoms with E-state index in [-0.39, 0.29) is 11.8 Å². The second-order valence-corrected chi connectivity index (χ2v) is 6.04. The second kappa shape index (κ2) is 6.97. The van der Waals surface area contributed by atoms with Crippen molar-refractivity contribution in [3.05, 3.63) is 47.7 Å². The van der Waals surface area contributed by atoms with Crippen molar-refractivity contribution in [1.29, 1.82) is 0 Å². The summed E-state index contributed by atoms with van der Waals surface area (Å²) in [5, 5.41) is 10.5. The molecule has 4 heteroatoms. The molecule has 0 bridgehead atoms. The molecule has 1 saturated heterocycles. The van der Waals surface area contributed by atoms with E-state index in [4.69, 9.17) is 4.74 Å². The zero-order valence-electron chi connectivity index (χ0n) is 12.8. The number of allylic oxidation sites excluding steroid dienone is 1. The van der Waals surface area contributed by atoms with Gasteiger partial charge in [-0.1, -0.05) is 30.3 Å². The lowest BCUT2D eigenvalue weighted by Gasteiger charge is -2.35. The van der Waals surface area contributed by atoms with Gasteiger partial charge in [-0.15, -0.1) is 0 Å². The molecule has 1 fully saturated rings. The normalized spacial score (nSPS) is 21.0. The number of hydrogen-bond donors (Lipinski definition) is 1. The Morgan fingerprint density at radius 1 is 1.23 bits per heavy atom. The number of amides is 1. The van der Waals surface area contributed by atoms with Gasteiger partial charge in [-0.05, 0) is 43.2 Å². The van der Waals surface area contributed by atoms with Crippen molar-refractivity contribution in [2.45, 2.75) is 31.8 Å². The molecule has 3 rings (SSSR count). The minimum Gasteiger partial charge on any atom is -0.488 e. The summed E-state index contributed by atoms with van der Waals surface area (Å²) in [6.45, 7) is 2.02. The highest BCUT2D eigenvalue weighted by Gasteiger charge is 2.30. The highest BCUT2D eigenvalue weighted by molar-refractivity contribution is 5.91. The van der Waals surface area contributed by atoms with E-state index in [1.807, 2.05) is 41.3 Å². The number of carbonyl (C=O) groups is 1. The minimum atomic E-state index is -0.441. The molecule has 0 spiro atoms. The molecule has 2 aliphatic rings. The molecule has 0 aliphatic carbocycles. The molecule has 1 aromatic rings. The lowest BCUT2D eigenvalue weighted by Crippen LogP contribution is -2.41. The Morgan fingerprint density at radius 2 is 1.95 bits per heavy atom. The van der Waals surface area contributed by atoms with Crippen LogP contribution in [0, 0.1) is 5.92 Å². The molecule has 2 aliphatic heterocycles. The van der Waals surface area contributed by atoms with E-state index in [0.29, 0.717) is 25.5 Å². The average molecular weight is 301 g/mol. The van der Waals surface area contributed by atoms with Gasteiger partial charge in [0.1, 0.15) is 0 Å². The fourth-order valence-corrected chi connectivity index (χ4v) is 3.20. The van der Waals surface area contributed by atoms with Gasteiger partial charge in [0.2, 0.25) is 0 Å². The van der Waals surface area contributed by atoms with Gasteiger partial charge in [0.05, 0.1) is 12.7 Å². The number of rotatable bonds is 3. The summed E-state index contributed by atoms with van der Waals surface area (Å²) >= 11 is 0. The number of aliphatic hydroxyl groups excluding tert-OH is 1. The van der Waals surface area contributed by atoms with Gasteiger partial charge in [0.15, 0.2) is 5.76 Å². The van der Waals surface area contributed by atoms with Gasteiger partial charge in [0, 0.05) is 13.1 Å². The molecule has 4 nitrogen and oxygen atoms in total. The monoisotopic (exact) mass is 301 g/mol. The zero-order valence-corrected chi connectivity index (χ0v) is 12.8. The Labute approximate surface area is 131 Å². The lowest BCUT2D eigenvalue weighted by molar-refractivity contribution is -0.133. The highest BCUT2D eigenvalue weighted by atomic mass is 16.5. The van der Waals surface area contributed by atoms with Crippen molar-refractivity contribution in [2.75, 3.05) is 19.7 Å². The van der Waals surface area contributed by atoms with Gasteiger partial charge in [-0.3, -0.25) is 4.79 Å². The molecule has 2 heterocycles. The molecule has 1 N–H and O–H groups in total. The van der Waals surface area contributed by atoms with Crippen molar-refractivity contribution in [3.8, 4) is 0 Å². The average Bonchev–Trinajstić information content (AvgIpc) is 2.62. The Bertz CT molecular complexity index is 533. The number of aliphatic hydroxyl groups is 1. The predicted molar refractivity (Wildman–Crippen MR) is 84.0 cm³/mol. The molecule has 118 valence electrons. The van der Waals surface area contributed by atoms with Crippen molar-refractivity contribution >= 4 is 5.91 Å². The van der Waals surface area contributed by atoms with E-state index in [2.05, 4.69) is 0 Å². The first-order chi connectivity index (χ1) is 10.8. The lowest BCUT2D eigenvalue weighted by atomic mass is 9.87. The molecule has 1 unspecified atom stereocenters. The highest BCUT2D eigenvalue weighted by Crippen LogP contribution is 2.31. The molecule has 22 heavy (non-hydrogen) atoms. The number of benzene rings is 1. The summed E-state index contributed by atoms with van der Waals surface area (Å²) < 4.78 is 5.46. The van der Waals surface area contributed by atoms with Crippen molar-refractivity contribution in [2.24, 2.45) is 5.92 Å². The van der Waals surface area contributed by atoms with E-state index >= 15 is 0 Å². The number of carbonyl (C=O) groups excluding carboxylic acids is 1. The Hall–Kier alpha value is -1.81. The maximum Gasteiger partial charge on any atom is 0.288 e. The molecule has 1 atom stereocenters. The van der Waals surface area contributed by atoms with Crippen LogP contribution in [-0.2, 0) is 9.53 Å². The van der Waals surface area contributed by atoms with Crippen LogP contribution in [0.5, 0.6) is 0 Å². The van der Waals surface area contributed by atoms with Crippen LogP contribution in [-0.4, -0.2) is 35.6 Å². The van der Waals surface area contributed by atoms with Crippen LogP contribution in [0.25, 0.3) is 0 Å². The number of hydrogen-bond acceptors (Lipinski definition) is 3. The first-order valence-corrected chi connectivity index (χ1v) is 8.11. The van der Waals surface area contributed by atoms with Crippen LogP contribution < -0.4 is 0 Å². The summed E-state index contributed by atoms with van der Waals surface area (Å²) in [5.41, 5.74) is 0.964. The van der Waals surface area contributed by atoms with E-state index < -0.39 is 6.10 Å². The maximum atomic E-state index is 12.4. The second-order valence-electron chi connectivity index (χ2n) is 6.04. The van der Waals surface area contributed by atoms with Crippen LogP contribution in [0.3, 0.4) is 0 Å². The summed E-state index contributed by atoms with van der Waals surface area (Å²) in [7, 11) is 0. The predicted octanol–water partition coefficient (Wildman–Crippen LogP) is 2.65. The van der Waals surface area contributed by atoms with E-state index in [9.17, 15) is 9.90 Å². The van der Waals surface area contributed by atoms with Gasteiger partial charge in [-0.2, -0.15) is 0 Å². The van der Waals surface area contributed by atoms with E-state index in [1.165, 1.54) is 0 Å². The largest absolute Gasteiger partial charge is 0.488 e. The summed E-state index contributed by atoms with van der Waals surface area (Å²) in [6, 6.07) is 9.77. The SMILES string of the molecule is O=C(C1=CCCCO1)N1CCC(C(O)c2ccccc2)CC1.